The SMILES string of the molecule is Oc1cccc(C2CCCCO2)c1. The molecule has 70 valence electrons. The minimum absolute atomic E-state index is 0.195. The summed E-state index contributed by atoms with van der Waals surface area (Å²) in [4.78, 5) is 0. The Hall–Kier alpha value is -1.02. The molecule has 1 N–H and O–H groups in total. The monoisotopic (exact) mass is 178 g/mol. The molecule has 0 bridgehead atoms. The molecule has 0 radical (unpaired) electrons. The molecule has 2 nitrogen and oxygen atoms in total. The highest BCUT2D eigenvalue weighted by Gasteiger charge is 2.15. The van der Waals surface area contributed by atoms with Crippen molar-refractivity contribution in [2.45, 2.75) is 25.4 Å². The van der Waals surface area contributed by atoms with E-state index in [0.29, 0.717) is 5.75 Å². The largest absolute Gasteiger partial charge is 0.508 e. The highest BCUT2D eigenvalue weighted by Crippen LogP contribution is 2.29. The van der Waals surface area contributed by atoms with Gasteiger partial charge >= 0.3 is 0 Å². The molecule has 0 spiro atoms. The lowest BCUT2D eigenvalue weighted by Gasteiger charge is -2.22. The van der Waals surface area contributed by atoms with Gasteiger partial charge in [0.2, 0.25) is 0 Å². The number of ether oxygens (including phenoxy) is 1. The van der Waals surface area contributed by atoms with Crippen LogP contribution in [0.25, 0.3) is 0 Å². The van der Waals surface area contributed by atoms with Crippen LogP contribution >= 0.6 is 0 Å². The van der Waals surface area contributed by atoms with E-state index >= 15 is 0 Å². The van der Waals surface area contributed by atoms with E-state index in [1.807, 2.05) is 12.1 Å². The van der Waals surface area contributed by atoms with E-state index < -0.39 is 0 Å². The first-order valence-corrected chi connectivity index (χ1v) is 4.77. The van der Waals surface area contributed by atoms with Crippen molar-refractivity contribution < 1.29 is 9.84 Å². The minimum atomic E-state index is 0.195. The molecular formula is C11H14O2. The van der Waals surface area contributed by atoms with Crippen LogP contribution in [0.15, 0.2) is 24.3 Å². The number of hydrogen-bond donors (Lipinski definition) is 1. The van der Waals surface area contributed by atoms with Gasteiger partial charge in [-0.2, -0.15) is 0 Å². The maximum absolute atomic E-state index is 9.29. The number of hydrogen-bond acceptors (Lipinski definition) is 2. The molecule has 1 aliphatic heterocycles. The molecule has 1 heterocycles. The molecule has 1 aliphatic rings. The zero-order valence-electron chi connectivity index (χ0n) is 7.57. The predicted molar refractivity (Wildman–Crippen MR) is 50.7 cm³/mol. The fraction of sp³-hybridized carbons (Fsp3) is 0.455. The van der Waals surface area contributed by atoms with E-state index in [4.69, 9.17) is 4.74 Å². The van der Waals surface area contributed by atoms with E-state index in [9.17, 15) is 5.11 Å². The summed E-state index contributed by atoms with van der Waals surface area (Å²) < 4.78 is 5.61. The molecule has 1 aromatic carbocycles. The second-order valence-corrected chi connectivity index (χ2v) is 3.45. The summed E-state index contributed by atoms with van der Waals surface area (Å²) in [5.74, 6) is 0.326. The maximum Gasteiger partial charge on any atom is 0.115 e. The van der Waals surface area contributed by atoms with E-state index in [-0.39, 0.29) is 6.10 Å². The van der Waals surface area contributed by atoms with Crippen LogP contribution in [0.2, 0.25) is 0 Å². The van der Waals surface area contributed by atoms with Gasteiger partial charge in [0.1, 0.15) is 5.75 Å². The number of benzene rings is 1. The molecule has 1 aromatic rings. The van der Waals surface area contributed by atoms with Gasteiger partial charge in [-0.1, -0.05) is 12.1 Å². The molecule has 1 fully saturated rings. The molecule has 0 amide bonds. The van der Waals surface area contributed by atoms with Crippen molar-refractivity contribution in [3.05, 3.63) is 29.8 Å². The van der Waals surface area contributed by atoms with Crippen LogP contribution < -0.4 is 0 Å². The van der Waals surface area contributed by atoms with Crippen LogP contribution in [-0.4, -0.2) is 11.7 Å². The lowest BCUT2D eigenvalue weighted by atomic mass is 10.0. The molecule has 2 rings (SSSR count). The smallest absolute Gasteiger partial charge is 0.115 e. The Kier molecular flexibility index (Phi) is 2.50. The molecule has 0 aliphatic carbocycles. The minimum Gasteiger partial charge on any atom is -0.508 e. The zero-order chi connectivity index (χ0) is 9.10. The number of rotatable bonds is 1. The third-order valence-corrected chi connectivity index (χ3v) is 2.42. The Bertz CT molecular complexity index is 277. The number of aromatic hydroxyl groups is 1. The second kappa shape index (κ2) is 3.79. The zero-order valence-corrected chi connectivity index (χ0v) is 7.57. The molecule has 13 heavy (non-hydrogen) atoms. The summed E-state index contributed by atoms with van der Waals surface area (Å²) in [5, 5.41) is 9.29. The van der Waals surface area contributed by atoms with Gasteiger partial charge in [-0.15, -0.1) is 0 Å². The lowest BCUT2D eigenvalue weighted by molar-refractivity contribution is 0.0148. The predicted octanol–water partition coefficient (Wildman–Crippen LogP) is 2.63. The molecule has 1 saturated heterocycles. The fourth-order valence-corrected chi connectivity index (χ4v) is 1.73. The molecule has 0 aromatic heterocycles. The first-order valence-electron chi connectivity index (χ1n) is 4.77. The normalized spacial score (nSPS) is 22.9. The second-order valence-electron chi connectivity index (χ2n) is 3.45. The summed E-state index contributed by atoms with van der Waals surface area (Å²) in [6.07, 6.45) is 3.65. The van der Waals surface area contributed by atoms with E-state index in [1.54, 1.807) is 12.1 Å². The Morgan fingerprint density at radius 2 is 2.23 bits per heavy atom. The fourth-order valence-electron chi connectivity index (χ4n) is 1.73. The topological polar surface area (TPSA) is 29.5 Å². The van der Waals surface area contributed by atoms with Gasteiger partial charge < -0.3 is 9.84 Å². The van der Waals surface area contributed by atoms with Crippen LogP contribution in [0.4, 0.5) is 0 Å². The van der Waals surface area contributed by atoms with Crippen LogP contribution in [0.1, 0.15) is 30.9 Å². The Labute approximate surface area is 78.2 Å². The van der Waals surface area contributed by atoms with E-state index in [1.165, 1.54) is 6.42 Å². The Balaban J connectivity index is 2.14. The van der Waals surface area contributed by atoms with Gasteiger partial charge in [0.05, 0.1) is 6.10 Å². The molecule has 1 atom stereocenters. The van der Waals surface area contributed by atoms with Crippen LogP contribution in [0, 0.1) is 0 Å². The first-order chi connectivity index (χ1) is 6.36. The first kappa shape index (κ1) is 8.57. The van der Waals surface area contributed by atoms with Gasteiger partial charge in [-0.05, 0) is 37.0 Å². The van der Waals surface area contributed by atoms with E-state index in [2.05, 4.69) is 0 Å². The van der Waals surface area contributed by atoms with Crippen LogP contribution in [0.5, 0.6) is 5.75 Å². The molecule has 1 unspecified atom stereocenters. The van der Waals surface area contributed by atoms with E-state index in [0.717, 1.165) is 25.0 Å². The molecule has 2 heteroatoms. The van der Waals surface area contributed by atoms with Gasteiger partial charge in [0, 0.05) is 6.61 Å². The average Bonchev–Trinajstić information content (AvgIpc) is 2.19. The van der Waals surface area contributed by atoms with Crippen molar-refractivity contribution in [3.63, 3.8) is 0 Å². The summed E-state index contributed by atoms with van der Waals surface area (Å²) >= 11 is 0. The number of phenols is 1. The van der Waals surface area contributed by atoms with Crippen LogP contribution in [0.3, 0.4) is 0 Å². The highest BCUT2D eigenvalue weighted by molar-refractivity contribution is 5.28. The number of phenolic OH excluding ortho intramolecular Hbond substituents is 1. The van der Waals surface area contributed by atoms with Crippen molar-refractivity contribution in [2.75, 3.05) is 6.61 Å². The molecular weight excluding hydrogens is 164 g/mol. The van der Waals surface area contributed by atoms with Crippen molar-refractivity contribution in [3.8, 4) is 5.75 Å². The van der Waals surface area contributed by atoms with Crippen LogP contribution in [-0.2, 0) is 4.74 Å². The van der Waals surface area contributed by atoms with Gasteiger partial charge in [-0.25, -0.2) is 0 Å². The Morgan fingerprint density at radius 3 is 2.92 bits per heavy atom. The highest BCUT2D eigenvalue weighted by atomic mass is 16.5. The van der Waals surface area contributed by atoms with Crippen molar-refractivity contribution >= 4 is 0 Å². The average molecular weight is 178 g/mol. The van der Waals surface area contributed by atoms with Crippen molar-refractivity contribution in [2.24, 2.45) is 0 Å². The quantitative estimate of drug-likeness (QED) is 0.716. The third kappa shape index (κ3) is 2.01. The summed E-state index contributed by atoms with van der Waals surface area (Å²) in [6.45, 7) is 0.848. The van der Waals surface area contributed by atoms with Gasteiger partial charge in [-0.3, -0.25) is 0 Å². The van der Waals surface area contributed by atoms with Crippen molar-refractivity contribution in [1.82, 2.24) is 0 Å². The Morgan fingerprint density at radius 1 is 1.31 bits per heavy atom. The standard InChI is InChI=1S/C11H14O2/c12-10-5-3-4-9(8-10)11-6-1-2-7-13-11/h3-5,8,11-12H,1-2,6-7H2. The summed E-state index contributed by atoms with van der Waals surface area (Å²) in [6, 6.07) is 7.35. The third-order valence-electron chi connectivity index (χ3n) is 2.42. The summed E-state index contributed by atoms with van der Waals surface area (Å²) in [7, 11) is 0. The lowest BCUT2D eigenvalue weighted by Crippen LogP contribution is -2.11. The van der Waals surface area contributed by atoms with Gasteiger partial charge in [0.25, 0.3) is 0 Å². The summed E-state index contributed by atoms with van der Waals surface area (Å²) in [5.41, 5.74) is 1.10. The maximum atomic E-state index is 9.29. The van der Waals surface area contributed by atoms with Gasteiger partial charge in [0.15, 0.2) is 0 Å². The molecule has 0 saturated carbocycles. The van der Waals surface area contributed by atoms with Crippen molar-refractivity contribution in [1.29, 1.82) is 0 Å².